The van der Waals surface area contributed by atoms with Gasteiger partial charge < -0.3 is 42.5 Å². The van der Waals surface area contributed by atoms with Gasteiger partial charge in [0.15, 0.2) is 5.96 Å². The zero-order valence-corrected chi connectivity index (χ0v) is 20.0. The number of nitrogens with two attached hydrogens (primary N) is 2. The van der Waals surface area contributed by atoms with Crippen molar-refractivity contribution in [3.63, 3.8) is 0 Å². The number of carbonyl (C=O) groups is 2. The number of aliphatic imine (C=N–C) groups is 1. The summed E-state index contributed by atoms with van der Waals surface area (Å²) in [6, 6.07) is 11.0. The van der Waals surface area contributed by atoms with Crippen molar-refractivity contribution >= 4 is 17.8 Å². The number of nitrogens with one attached hydrogen (secondary N) is 2. The topological polar surface area (TPSA) is 204 Å². The van der Waals surface area contributed by atoms with Crippen molar-refractivity contribution in [3.8, 4) is 11.5 Å². The van der Waals surface area contributed by atoms with Crippen LogP contribution in [0.1, 0.15) is 30.4 Å². The molecule has 2 aromatic rings. The van der Waals surface area contributed by atoms with E-state index in [9.17, 15) is 30.0 Å². The van der Waals surface area contributed by atoms with Crippen LogP contribution in [-0.2, 0) is 22.4 Å². The maximum absolute atomic E-state index is 13.0. The third-order valence-corrected chi connectivity index (χ3v) is 5.53. The molecule has 0 fully saturated rings. The summed E-state index contributed by atoms with van der Waals surface area (Å²) >= 11 is 0. The monoisotopic (exact) mass is 501 g/mol. The molecule has 11 nitrogen and oxygen atoms in total. The van der Waals surface area contributed by atoms with Crippen LogP contribution in [0.5, 0.6) is 11.5 Å². The molecule has 11 heteroatoms. The van der Waals surface area contributed by atoms with E-state index in [0.717, 1.165) is 5.56 Å². The second kappa shape index (κ2) is 14.5. The fourth-order valence-electron chi connectivity index (χ4n) is 3.52. The number of aromatic hydroxyl groups is 2. The number of phenolic OH excluding ortho intramolecular Hbond substituents is 2. The number of amides is 2. The SMILES string of the molecule is NC(N)=NCCC[C@@H](CO)NC(=O)[C@H](CCc1ccc(O)cc1)NC(=O)[C@H](O)Cc1ccc(O)cc1. The molecule has 3 atom stereocenters. The van der Waals surface area contributed by atoms with E-state index in [2.05, 4.69) is 15.6 Å². The van der Waals surface area contributed by atoms with E-state index in [4.69, 9.17) is 11.5 Å². The lowest BCUT2D eigenvalue weighted by molar-refractivity contribution is -0.134. The molecular formula is C25H35N5O6. The molecule has 196 valence electrons. The first-order valence-corrected chi connectivity index (χ1v) is 11.7. The van der Waals surface area contributed by atoms with Crippen LogP contribution in [0, 0.1) is 0 Å². The van der Waals surface area contributed by atoms with Crippen molar-refractivity contribution in [2.45, 2.75) is 50.3 Å². The first kappa shape index (κ1) is 28.4. The molecule has 0 aliphatic rings. The fourth-order valence-corrected chi connectivity index (χ4v) is 3.52. The van der Waals surface area contributed by atoms with Crippen molar-refractivity contribution in [1.29, 1.82) is 0 Å². The second-order valence-corrected chi connectivity index (χ2v) is 8.49. The van der Waals surface area contributed by atoms with Gasteiger partial charge in [0, 0.05) is 13.0 Å². The Morgan fingerprint density at radius 3 is 2.00 bits per heavy atom. The highest BCUT2D eigenvalue weighted by Crippen LogP contribution is 2.14. The first-order chi connectivity index (χ1) is 17.2. The van der Waals surface area contributed by atoms with Gasteiger partial charge in [-0.3, -0.25) is 14.6 Å². The summed E-state index contributed by atoms with van der Waals surface area (Å²) in [5, 5.41) is 44.3. The summed E-state index contributed by atoms with van der Waals surface area (Å²) in [4.78, 5) is 29.6. The number of aliphatic hydroxyl groups is 2. The largest absolute Gasteiger partial charge is 0.508 e. The Kier molecular flexibility index (Phi) is 11.5. The van der Waals surface area contributed by atoms with E-state index in [-0.39, 0.29) is 36.9 Å². The van der Waals surface area contributed by atoms with Crippen LogP contribution in [0.3, 0.4) is 0 Å². The number of guanidine groups is 1. The van der Waals surface area contributed by atoms with E-state index in [1.807, 2.05) is 0 Å². The predicted octanol–water partition coefficient (Wildman–Crippen LogP) is -0.350. The van der Waals surface area contributed by atoms with Crippen molar-refractivity contribution < 1.29 is 30.0 Å². The van der Waals surface area contributed by atoms with Gasteiger partial charge in [-0.2, -0.15) is 0 Å². The van der Waals surface area contributed by atoms with Crippen LogP contribution in [0.4, 0.5) is 0 Å². The minimum atomic E-state index is -1.41. The van der Waals surface area contributed by atoms with E-state index in [1.165, 1.54) is 24.3 Å². The van der Waals surface area contributed by atoms with Crippen molar-refractivity contribution in [1.82, 2.24) is 10.6 Å². The molecule has 0 unspecified atom stereocenters. The van der Waals surface area contributed by atoms with Gasteiger partial charge in [-0.15, -0.1) is 0 Å². The summed E-state index contributed by atoms with van der Waals surface area (Å²) in [7, 11) is 0. The summed E-state index contributed by atoms with van der Waals surface area (Å²) in [5.74, 6) is -1.07. The van der Waals surface area contributed by atoms with Crippen molar-refractivity contribution in [2.75, 3.05) is 13.2 Å². The number of hydrogen-bond donors (Lipinski definition) is 8. The zero-order chi connectivity index (χ0) is 26.5. The molecule has 0 saturated carbocycles. The van der Waals surface area contributed by atoms with Gasteiger partial charge in [-0.05, 0) is 61.1 Å². The number of nitrogens with zero attached hydrogens (tertiary/aromatic N) is 1. The van der Waals surface area contributed by atoms with Crippen LogP contribution in [0.2, 0.25) is 0 Å². The molecule has 0 heterocycles. The molecule has 0 radical (unpaired) electrons. The lowest BCUT2D eigenvalue weighted by Gasteiger charge is -2.23. The van der Waals surface area contributed by atoms with E-state index in [0.29, 0.717) is 31.4 Å². The number of aliphatic hydroxyl groups excluding tert-OH is 2. The number of benzene rings is 2. The third kappa shape index (κ3) is 10.2. The van der Waals surface area contributed by atoms with Gasteiger partial charge in [-0.25, -0.2) is 0 Å². The standard InChI is InChI=1S/C25H35N5O6/c26-25(27)28-13-1-2-18(15-31)29-23(35)21(12-7-16-3-8-19(32)9-4-16)30-24(36)22(34)14-17-5-10-20(33)11-6-17/h3-6,8-11,18,21-22,31-34H,1-2,7,12-15H2,(H,29,35)(H,30,36)(H4,26,27,28)/t18-,21-,22+/m0/s1. The molecule has 0 saturated heterocycles. The van der Waals surface area contributed by atoms with Crippen LogP contribution in [0.15, 0.2) is 53.5 Å². The lowest BCUT2D eigenvalue weighted by atomic mass is 10.0. The number of carbonyl (C=O) groups excluding carboxylic acids is 2. The average molecular weight is 502 g/mol. The van der Waals surface area contributed by atoms with Crippen LogP contribution in [0.25, 0.3) is 0 Å². The summed E-state index contributed by atoms with van der Waals surface area (Å²) in [6.07, 6.45) is 0.177. The van der Waals surface area contributed by atoms with Gasteiger partial charge >= 0.3 is 0 Å². The molecule has 2 amide bonds. The summed E-state index contributed by atoms with van der Waals surface area (Å²) < 4.78 is 0. The highest BCUT2D eigenvalue weighted by Gasteiger charge is 2.26. The Bertz CT molecular complexity index is 993. The van der Waals surface area contributed by atoms with E-state index < -0.39 is 30.0 Å². The minimum Gasteiger partial charge on any atom is -0.508 e. The second-order valence-electron chi connectivity index (χ2n) is 8.49. The Balaban J connectivity index is 2.04. The molecule has 2 aromatic carbocycles. The average Bonchev–Trinajstić information content (AvgIpc) is 2.85. The van der Waals surface area contributed by atoms with Crippen LogP contribution >= 0.6 is 0 Å². The smallest absolute Gasteiger partial charge is 0.249 e. The maximum Gasteiger partial charge on any atom is 0.249 e. The quantitative estimate of drug-likeness (QED) is 0.0973. The Hall–Kier alpha value is -3.83. The van der Waals surface area contributed by atoms with Crippen LogP contribution in [-0.4, -0.2) is 69.5 Å². The van der Waals surface area contributed by atoms with Gasteiger partial charge in [0.25, 0.3) is 0 Å². The molecule has 0 aliphatic carbocycles. The highest BCUT2D eigenvalue weighted by atomic mass is 16.3. The normalized spacial score (nSPS) is 13.3. The number of phenols is 2. The van der Waals surface area contributed by atoms with E-state index in [1.54, 1.807) is 24.3 Å². The third-order valence-electron chi connectivity index (χ3n) is 5.53. The van der Waals surface area contributed by atoms with Gasteiger partial charge in [0.05, 0.1) is 12.6 Å². The van der Waals surface area contributed by atoms with Crippen molar-refractivity contribution in [2.24, 2.45) is 16.5 Å². The van der Waals surface area contributed by atoms with E-state index >= 15 is 0 Å². The summed E-state index contributed by atoms with van der Waals surface area (Å²) in [6.45, 7) is 0.0365. The number of hydrogen-bond acceptors (Lipinski definition) is 7. The molecule has 0 aromatic heterocycles. The molecule has 0 spiro atoms. The van der Waals surface area contributed by atoms with Gasteiger partial charge in [-0.1, -0.05) is 24.3 Å². The Morgan fingerprint density at radius 2 is 1.44 bits per heavy atom. The highest BCUT2D eigenvalue weighted by molar-refractivity contribution is 5.89. The molecule has 10 N–H and O–H groups in total. The van der Waals surface area contributed by atoms with Crippen LogP contribution < -0.4 is 22.1 Å². The molecule has 2 rings (SSSR count). The molecular weight excluding hydrogens is 466 g/mol. The molecule has 0 bridgehead atoms. The summed E-state index contributed by atoms with van der Waals surface area (Å²) in [5.41, 5.74) is 12.1. The molecule has 36 heavy (non-hydrogen) atoms. The van der Waals surface area contributed by atoms with Gasteiger partial charge in [0.2, 0.25) is 11.8 Å². The van der Waals surface area contributed by atoms with Crippen molar-refractivity contribution in [3.05, 3.63) is 59.7 Å². The Morgan fingerprint density at radius 1 is 0.861 bits per heavy atom. The number of aryl methyl sites for hydroxylation is 1. The maximum atomic E-state index is 13.0. The minimum absolute atomic E-state index is 0.00245. The zero-order valence-electron chi connectivity index (χ0n) is 20.0. The molecule has 0 aliphatic heterocycles. The Labute approximate surface area is 209 Å². The fraction of sp³-hybridized carbons (Fsp3) is 0.400. The first-order valence-electron chi connectivity index (χ1n) is 11.7. The van der Waals surface area contributed by atoms with Gasteiger partial charge in [0.1, 0.15) is 23.6 Å². The number of rotatable bonds is 14. The predicted molar refractivity (Wildman–Crippen MR) is 135 cm³/mol. The lowest BCUT2D eigenvalue weighted by Crippen LogP contribution is -2.52.